The molecule has 2 saturated heterocycles. The molecule has 2 heterocycles. The van der Waals surface area contributed by atoms with Crippen LogP contribution in [0.5, 0.6) is 0 Å². The molecule has 0 amide bonds. The fourth-order valence-corrected chi connectivity index (χ4v) is 3.47. The van der Waals surface area contributed by atoms with Crippen LogP contribution in [0.2, 0.25) is 0 Å². The number of rotatable bonds is 1. The van der Waals surface area contributed by atoms with Crippen LogP contribution in [-0.2, 0) is 5.41 Å². The third kappa shape index (κ3) is 2.51. The summed E-state index contributed by atoms with van der Waals surface area (Å²) in [6.45, 7) is 11.5. The molecule has 2 nitrogen and oxygen atoms in total. The summed E-state index contributed by atoms with van der Waals surface area (Å²) >= 11 is 0. The lowest BCUT2D eigenvalue weighted by atomic mass is 9.86. The fourth-order valence-electron chi connectivity index (χ4n) is 3.47. The Morgan fingerprint density at radius 3 is 2.26 bits per heavy atom. The highest BCUT2D eigenvalue weighted by atomic mass is 15.2. The molecular weight excluding hydrogens is 232 g/mol. The minimum absolute atomic E-state index is 0.242. The van der Waals surface area contributed by atoms with Gasteiger partial charge in [0.2, 0.25) is 0 Å². The number of nitrogens with zero attached hydrogens (tertiary/aromatic N) is 1. The zero-order valence-corrected chi connectivity index (χ0v) is 12.7. The molecule has 2 aliphatic rings. The lowest BCUT2D eigenvalue weighted by molar-refractivity contribution is 0.465. The molecule has 2 fully saturated rings. The lowest BCUT2D eigenvalue weighted by Crippen LogP contribution is -2.51. The number of hydrogen-bond acceptors (Lipinski definition) is 2. The fraction of sp³-hybridized carbons (Fsp3) is 0.647. The molecule has 1 aromatic rings. The maximum atomic E-state index is 3.70. The van der Waals surface area contributed by atoms with Gasteiger partial charge in [-0.15, -0.1) is 0 Å². The van der Waals surface area contributed by atoms with Crippen LogP contribution in [0.25, 0.3) is 0 Å². The summed E-state index contributed by atoms with van der Waals surface area (Å²) in [4.78, 5) is 2.58. The first-order valence-electron chi connectivity index (χ1n) is 7.55. The average molecular weight is 258 g/mol. The van der Waals surface area contributed by atoms with E-state index in [-0.39, 0.29) is 5.41 Å². The van der Waals surface area contributed by atoms with E-state index in [1.165, 1.54) is 42.7 Å². The van der Waals surface area contributed by atoms with Crippen molar-refractivity contribution in [2.75, 3.05) is 18.0 Å². The smallest absolute Gasteiger partial charge is 0.0397 e. The topological polar surface area (TPSA) is 15.3 Å². The molecular formula is C17H26N2. The van der Waals surface area contributed by atoms with Crippen LogP contribution in [0, 0.1) is 6.92 Å². The molecule has 1 N–H and O–H groups in total. The van der Waals surface area contributed by atoms with E-state index >= 15 is 0 Å². The van der Waals surface area contributed by atoms with Gasteiger partial charge in [-0.25, -0.2) is 0 Å². The Morgan fingerprint density at radius 1 is 1.11 bits per heavy atom. The van der Waals surface area contributed by atoms with Crippen LogP contribution < -0.4 is 10.2 Å². The summed E-state index contributed by atoms with van der Waals surface area (Å²) in [7, 11) is 0. The first kappa shape index (κ1) is 13.0. The highest BCUT2D eigenvalue weighted by molar-refractivity contribution is 5.56. The monoisotopic (exact) mass is 258 g/mol. The van der Waals surface area contributed by atoms with Crippen LogP contribution >= 0.6 is 0 Å². The summed E-state index contributed by atoms with van der Waals surface area (Å²) in [5.41, 5.74) is 4.54. The predicted molar refractivity (Wildman–Crippen MR) is 82.0 cm³/mol. The highest BCUT2D eigenvalue weighted by Crippen LogP contribution is 2.31. The van der Waals surface area contributed by atoms with E-state index in [9.17, 15) is 0 Å². The van der Waals surface area contributed by atoms with Crippen molar-refractivity contribution in [3.8, 4) is 0 Å². The van der Waals surface area contributed by atoms with Gasteiger partial charge in [0.15, 0.2) is 0 Å². The number of fused-ring (bicyclic) bond motifs is 2. The van der Waals surface area contributed by atoms with E-state index < -0.39 is 0 Å². The van der Waals surface area contributed by atoms with Gasteiger partial charge in [-0.1, -0.05) is 32.9 Å². The zero-order chi connectivity index (χ0) is 13.6. The zero-order valence-electron chi connectivity index (χ0n) is 12.7. The van der Waals surface area contributed by atoms with Crippen molar-refractivity contribution < 1.29 is 0 Å². The molecule has 0 saturated carbocycles. The number of benzene rings is 1. The Hall–Kier alpha value is -1.02. The van der Waals surface area contributed by atoms with Gasteiger partial charge in [0.1, 0.15) is 0 Å². The van der Waals surface area contributed by atoms with Gasteiger partial charge in [0, 0.05) is 30.9 Å². The van der Waals surface area contributed by atoms with Crippen LogP contribution in [0.15, 0.2) is 18.2 Å². The van der Waals surface area contributed by atoms with Gasteiger partial charge in [-0.2, -0.15) is 0 Å². The van der Waals surface area contributed by atoms with E-state index in [1.54, 1.807) is 0 Å². The summed E-state index contributed by atoms with van der Waals surface area (Å²) in [5.74, 6) is 0. The standard InChI is InChI=1S/C17H26N2/c1-12-9-13(17(2,3)4)5-8-16(12)19-10-14-6-7-15(11-19)18-14/h5,8-9,14-15,18H,6-7,10-11H2,1-4H3. The first-order valence-corrected chi connectivity index (χ1v) is 7.55. The molecule has 1 aromatic carbocycles. The number of hydrogen-bond donors (Lipinski definition) is 1. The van der Waals surface area contributed by atoms with Crippen LogP contribution in [0.1, 0.15) is 44.7 Å². The number of piperazine rings is 1. The van der Waals surface area contributed by atoms with Crippen molar-refractivity contribution in [2.45, 2.75) is 58.0 Å². The average Bonchev–Trinajstić information content (AvgIpc) is 2.67. The Bertz CT molecular complexity index is 461. The van der Waals surface area contributed by atoms with Crippen molar-refractivity contribution in [2.24, 2.45) is 0 Å². The number of aryl methyl sites for hydroxylation is 1. The van der Waals surface area contributed by atoms with E-state index in [0.717, 1.165) is 0 Å². The summed E-state index contributed by atoms with van der Waals surface area (Å²) in [6.07, 6.45) is 2.70. The normalized spacial score (nSPS) is 26.8. The summed E-state index contributed by atoms with van der Waals surface area (Å²) < 4.78 is 0. The van der Waals surface area contributed by atoms with Crippen LogP contribution in [0.4, 0.5) is 5.69 Å². The SMILES string of the molecule is Cc1cc(C(C)(C)C)ccc1N1CC2CCC(C1)N2. The Kier molecular flexibility index (Phi) is 3.09. The predicted octanol–water partition coefficient (Wildman–Crippen LogP) is 3.23. The second-order valence-corrected chi connectivity index (χ2v) is 7.29. The van der Waals surface area contributed by atoms with Crippen LogP contribution in [-0.4, -0.2) is 25.2 Å². The third-order valence-corrected chi connectivity index (χ3v) is 4.62. The molecule has 0 aromatic heterocycles. The molecule has 0 spiro atoms. The van der Waals surface area contributed by atoms with Crippen molar-refractivity contribution >= 4 is 5.69 Å². The first-order chi connectivity index (χ1) is 8.93. The van der Waals surface area contributed by atoms with Crippen molar-refractivity contribution in [1.29, 1.82) is 0 Å². The van der Waals surface area contributed by atoms with Gasteiger partial charge in [-0.3, -0.25) is 0 Å². The molecule has 2 unspecified atom stereocenters. The van der Waals surface area contributed by atoms with Gasteiger partial charge in [0.25, 0.3) is 0 Å². The highest BCUT2D eigenvalue weighted by Gasteiger charge is 2.32. The maximum Gasteiger partial charge on any atom is 0.0397 e. The Balaban J connectivity index is 1.85. The second-order valence-electron chi connectivity index (χ2n) is 7.29. The molecule has 0 radical (unpaired) electrons. The van der Waals surface area contributed by atoms with E-state index in [4.69, 9.17) is 0 Å². The molecule has 2 bridgehead atoms. The molecule has 19 heavy (non-hydrogen) atoms. The van der Waals surface area contributed by atoms with Crippen molar-refractivity contribution in [3.05, 3.63) is 29.3 Å². The van der Waals surface area contributed by atoms with Gasteiger partial charge in [0.05, 0.1) is 0 Å². The van der Waals surface area contributed by atoms with E-state index in [1.807, 2.05) is 0 Å². The molecule has 2 atom stereocenters. The molecule has 2 heteroatoms. The molecule has 104 valence electrons. The third-order valence-electron chi connectivity index (χ3n) is 4.62. The Labute approximate surface area is 117 Å². The summed E-state index contributed by atoms with van der Waals surface area (Å²) in [6, 6.07) is 8.44. The minimum atomic E-state index is 0.242. The largest absolute Gasteiger partial charge is 0.368 e. The number of anilines is 1. The summed E-state index contributed by atoms with van der Waals surface area (Å²) in [5, 5.41) is 3.70. The van der Waals surface area contributed by atoms with Gasteiger partial charge < -0.3 is 10.2 Å². The van der Waals surface area contributed by atoms with Crippen LogP contribution in [0.3, 0.4) is 0 Å². The van der Waals surface area contributed by atoms with Crippen molar-refractivity contribution in [3.63, 3.8) is 0 Å². The number of nitrogens with one attached hydrogen (secondary N) is 1. The molecule has 0 aliphatic carbocycles. The second kappa shape index (κ2) is 4.52. The van der Waals surface area contributed by atoms with Crippen molar-refractivity contribution in [1.82, 2.24) is 5.32 Å². The molecule has 3 rings (SSSR count). The molecule has 2 aliphatic heterocycles. The minimum Gasteiger partial charge on any atom is -0.368 e. The lowest BCUT2D eigenvalue weighted by Gasteiger charge is -2.36. The van der Waals surface area contributed by atoms with Gasteiger partial charge in [-0.05, 0) is 42.4 Å². The Morgan fingerprint density at radius 2 is 1.74 bits per heavy atom. The quantitative estimate of drug-likeness (QED) is 0.832. The van der Waals surface area contributed by atoms with Gasteiger partial charge >= 0.3 is 0 Å². The van der Waals surface area contributed by atoms with E-state index in [0.29, 0.717) is 12.1 Å². The maximum absolute atomic E-state index is 3.70. The van der Waals surface area contributed by atoms with E-state index in [2.05, 4.69) is 56.1 Å².